The SMILES string of the molecule is Cc1ccc(C(=O)NC(C)(CC(=O)O)C(C)C)cc1S(C)(=O)=O. The Bertz CT molecular complexity index is 724. The van der Waals surface area contributed by atoms with Gasteiger partial charge < -0.3 is 10.4 Å². The number of sulfone groups is 1. The predicted molar refractivity (Wildman–Crippen MR) is 87.3 cm³/mol. The van der Waals surface area contributed by atoms with Crippen molar-refractivity contribution in [3.05, 3.63) is 29.3 Å². The molecule has 0 aliphatic rings. The van der Waals surface area contributed by atoms with Crippen LogP contribution in [0.2, 0.25) is 0 Å². The van der Waals surface area contributed by atoms with E-state index in [1.165, 1.54) is 12.1 Å². The largest absolute Gasteiger partial charge is 0.481 e. The number of amides is 1. The molecule has 0 bridgehead atoms. The Morgan fingerprint density at radius 3 is 2.30 bits per heavy atom. The highest BCUT2D eigenvalue weighted by molar-refractivity contribution is 7.90. The zero-order valence-electron chi connectivity index (χ0n) is 14.0. The Balaban J connectivity index is 3.17. The van der Waals surface area contributed by atoms with E-state index in [9.17, 15) is 18.0 Å². The van der Waals surface area contributed by atoms with Crippen LogP contribution >= 0.6 is 0 Å². The summed E-state index contributed by atoms with van der Waals surface area (Å²) in [6, 6.07) is 4.41. The van der Waals surface area contributed by atoms with Gasteiger partial charge in [0.2, 0.25) is 0 Å². The molecule has 1 amide bonds. The molecule has 6 nitrogen and oxygen atoms in total. The fourth-order valence-corrected chi connectivity index (χ4v) is 3.17. The molecule has 0 aliphatic carbocycles. The molecule has 0 saturated heterocycles. The molecule has 1 rings (SSSR count). The van der Waals surface area contributed by atoms with Gasteiger partial charge >= 0.3 is 5.97 Å². The lowest BCUT2D eigenvalue weighted by Gasteiger charge is -2.33. The summed E-state index contributed by atoms with van der Waals surface area (Å²) in [6.45, 7) is 6.96. The Hall–Kier alpha value is -1.89. The first-order chi connectivity index (χ1) is 10.4. The van der Waals surface area contributed by atoms with Crippen LogP contribution < -0.4 is 5.32 Å². The standard InChI is InChI=1S/C16H23NO5S/c1-10(2)16(4,9-14(18)19)17-15(20)12-7-6-11(3)13(8-12)23(5,21)22/h6-8,10H,9H2,1-5H3,(H,17,20)(H,18,19). The molecule has 0 spiro atoms. The molecule has 128 valence electrons. The summed E-state index contributed by atoms with van der Waals surface area (Å²) in [7, 11) is -3.44. The van der Waals surface area contributed by atoms with Crippen molar-refractivity contribution in [3.63, 3.8) is 0 Å². The lowest BCUT2D eigenvalue weighted by Crippen LogP contribution is -2.51. The smallest absolute Gasteiger partial charge is 0.305 e. The summed E-state index contributed by atoms with van der Waals surface area (Å²) in [6.07, 6.45) is 0.862. The van der Waals surface area contributed by atoms with Gasteiger partial charge in [-0.2, -0.15) is 0 Å². The average Bonchev–Trinajstić information content (AvgIpc) is 2.36. The molecule has 23 heavy (non-hydrogen) atoms. The fourth-order valence-electron chi connectivity index (χ4n) is 2.18. The molecular weight excluding hydrogens is 318 g/mol. The van der Waals surface area contributed by atoms with Crippen molar-refractivity contribution in [2.24, 2.45) is 5.92 Å². The Morgan fingerprint density at radius 2 is 1.87 bits per heavy atom. The van der Waals surface area contributed by atoms with E-state index < -0.39 is 27.3 Å². The topological polar surface area (TPSA) is 101 Å². The van der Waals surface area contributed by atoms with Gasteiger partial charge in [-0.3, -0.25) is 9.59 Å². The first-order valence-electron chi connectivity index (χ1n) is 7.22. The third-order valence-corrected chi connectivity index (χ3v) is 5.28. The molecular formula is C16H23NO5S. The number of carboxylic acid groups (broad SMARTS) is 1. The fraction of sp³-hybridized carbons (Fsp3) is 0.500. The molecule has 1 unspecified atom stereocenters. The van der Waals surface area contributed by atoms with Crippen LogP contribution in [0, 0.1) is 12.8 Å². The Morgan fingerprint density at radius 1 is 1.30 bits per heavy atom. The van der Waals surface area contributed by atoms with E-state index in [4.69, 9.17) is 5.11 Å². The third-order valence-electron chi connectivity index (χ3n) is 4.04. The van der Waals surface area contributed by atoms with Crippen LogP contribution in [-0.2, 0) is 14.6 Å². The second-order valence-electron chi connectivity index (χ2n) is 6.35. The van der Waals surface area contributed by atoms with Crippen LogP contribution in [-0.4, -0.2) is 37.2 Å². The molecule has 0 saturated carbocycles. The van der Waals surface area contributed by atoms with Crippen LogP contribution in [0.25, 0.3) is 0 Å². The summed E-state index contributed by atoms with van der Waals surface area (Å²) in [4.78, 5) is 23.6. The number of hydrogen-bond acceptors (Lipinski definition) is 4. The minimum atomic E-state index is -3.44. The zero-order valence-corrected chi connectivity index (χ0v) is 14.8. The average molecular weight is 341 g/mol. The van der Waals surface area contributed by atoms with Crippen molar-refractivity contribution in [2.75, 3.05) is 6.26 Å². The van der Waals surface area contributed by atoms with Gasteiger partial charge in [0.1, 0.15) is 0 Å². The van der Waals surface area contributed by atoms with Crippen molar-refractivity contribution < 1.29 is 23.1 Å². The maximum absolute atomic E-state index is 12.4. The number of carbonyl (C=O) groups excluding carboxylic acids is 1. The number of benzene rings is 1. The number of nitrogens with one attached hydrogen (secondary N) is 1. The summed E-state index contributed by atoms with van der Waals surface area (Å²) in [5, 5.41) is 11.8. The van der Waals surface area contributed by atoms with Crippen molar-refractivity contribution in [3.8, 4) is 0 Å². The van der Waals surface area contributed by atoms with E-state index >= 15 is 0 Å². The lowest BCUT2D eigenvalue weighted by atomic mass is 9.85. The molecule has 0 aliphatic heterocycles. The van der Waals surface area contributed by atoms with Crippen molar-refractivity contribution in [2.45, 2.75) is 44.6 Å². The predicted octanol–water partition coefficient (Wildman–Crippen LogP) is 2.02. The highest BCUT2D eigenvalue weighted by atomic mass is 32.2. The molecule has 7 heteroatoms. The molecule has 1 aromatic carbocycles. The highest BCUT2D eigenvalue weighted by Crippen LogP contribution is 2.23. The van der Waals surface area contributed by atoms with Gasteiger partial charge in [0.15, 0.2) is 9.84 Å². The van der Waals surface area contributed by atoms with Crippen LogP contribution in [0.3, 0.4) is 0 Å². The van der Waals surface area contributed by atoms with Gasteiger partial charge in [-0.15, -0.1) is 0 Å². The minimum Gasteiger partial charge on any atom is -0.481 e. The Labute approximate surface area is 136 Å². The lowest BCUT2D eigenvalue weighted by molar-refractivity contribution is -0.138. The van der Waals surface area contributed by atoms with E-state index in [1.807, 2.05) is 13.8 Å². The summed E-state index contributed by atoms with van der Waals surface area (Å²) < 4.78 is 23.5. The second kappa shape index (κ2) is 6.70. The van der Waals surface area contributed by atoms with E-state index in [0.29, 0.717) is 5.56 Å². The van der Waals surface area contributed by atoms with Crippen molar-refractivity contribution >= 4 is 21.7 Å². The summed E-state index contributed by atoms with van der Waals surface area (Å²) in [5.41, 5.74) is -0.187. The highest BCUT2D eigenvalue weighted by Gasteiger charge is 2.33. The molecule has 0 heterocycles. The van der Waals surface area contributed by atoms with Crippen LogP contribution in [0.15, 0.2) is 23.1 Å². The maximum atomic E-state index is 12.4. The molecule has 2 N–H and O–H groups in total. The van der Waals surface area contributed by atoms with Gasteiger partial charge in [-0.1, -0.05) is 19.9 Å². The maximum Gasteiger partial charge on any atom is 0.305 e. The van der Waals surface area contributed by atoms with Gasteiger partial charge in [-0.25, -0.2) is 8.42 Å². The molecule has 1 atom stereocenters. The number of aryl methyl sites for hydroxylation is 1. The number of aliphatic carboxylic acids is 1. The van der Waals surface area contributed by atoms with E-state index in [-0.39, 0.29) is 22.8 Å². The minimum absolute atomic E-state index is 0.0923. The van der Waals surface area contributed by atoms with E-state index in [1.54, 1.807) is 19.9 Å². The van der Waals surface area contributed by atoms with E-state index in [0.717, 1.165) is 6.26 Å². The van der Waals surface area contributed by atoms with Gasteiger partial charge in [0.25, 0.3) is 5.91 Å². The zero-order chi connectivity index (χ0) is 18.0. The number of hydrogen-bond donors (Lipinski definition) is 2. The molecule has 0 radical (unpaired) electrons. The molecule has 0 aromatic heterocycles. The quantitative estimate of drug-likeness (QED) is 0.824. The van der Waals surface area contributed by atoms with Crippen LogP contribution in [0.1, 0.15) is 43.1 Å². The monoisotopic (exact) mass is 341 g/mol. The van der Waals surface area contributed by atoms with Crippen molar-refractivity contribution in [1.29, 1.82) is 0 Å². The van der Waals surface area contributed by atoms with E-state index in [2.05, 4.69) is 5.32 Å². The third kappa shape index (κ3) is 4.79. The van der Waals surface area contributed by atoms with Gasteiger partial charge in [-0.05, 0) is 37.5 Å². The van der Waals surface area contributed by atoms with Crippen LogP contribution in [0.5, 0.6) is 0 Å². The molecule has 0 fully saturated rings. The number of carbonyl (C=O) groups is 2. The Kier molecular flexibility index (Phi) is 5.58. The van der Waals surface area contributed by atoms with Gasteiger partial charge in [0.05, 0.1) is 16.9 Å². The summed E-state index contributed by atoms with van der Waals surface area (Å²) in [5.74, 6) is -1.61. The number of carboxylic acids is 1. The first kappa shape index (κ1) is 19.2. The number of rotatable bonds is 6. The molecule has 1 aromatic rings. The van der Waals surface area contributed by atoms with Gasteiger partial charge in [0, 0.05) is 11.8 Å². The summed E-state index contributed by atoms with van der Waals surface area (Å²) >= 11 is 0. The first-order valence-corrected chi connectivity index (χ1v) is 9.11. The van der Waals surface area contributed by atoms with Crippen LogP contribution in [0.4, 0.5) is 0 Å². The normalized spacial score (nSPS) is 14.3. The second-order valence-corrected chi connectivity index (χ2v) is 8.33. The van der Waals surface area contributed by atoms with Crippen molar-refractivity contribution in [1.82, 2.24) is 5.32 Å².